The Morgan fingerprint density at radius 2 is 1.87 bits per heavy atom. The van der Waals surface area contributed by atoms with Gasteiger partial charge in [-0.05, 0) is 88.9 Å². The van der Waals surface area contributed by atoms with Crippen LogP contribution in [0.3, 0.4) is 0 Å². The normalized spacial score (nSPS) is 15.6. The second-order valence-corrected chi connectivity index (χ2v) is 8.71. The Kier molecular flexibility index (Phi) is 5.96. The van der Waals surface area contributed by atoms with Crippen molar-refractivity contribution in [2.24, 2.45) is 0 Å². The first-order chi connectivity index (χ1) is 14.4. The summed E-state index contributed by atoms with van der Waals surface area (Å²) in [5, 5.41) is 0.963. The zero-order valence-electron chi connectivity index (χ0n) is 18.5. The number of nitrogens with zero attached hydrogens (tertiary/aromatic N) is 1. The van der Waals surface area contributed by atoms with Crippen LogP contribution in [0.2, 0.25) is 0 Å². The van der Waals surface area contributed by atoms with E-state index in [9.17, 15) is 4.79 Å². The monoisotopic (exact) mass is 404 g/mol. The molecule has 0 radical (unpaired) electrons. The van der Waals surface area contributed by atoms with E-state index in [4.69, 9.17) is 4.74 Å². The van der Waals surface area contributed by atoms with Gasteiger partial charge in [0.15, 0.2) is 0 Å². The van der Waals surface area contributed by atoms with Crippen LogP contribution in [-0.4, -0.2) is 35.5 Å². The van der Waals surface area contributed by atoms with Crippen molar-refractivity contribution < 1.29 is 9.53 Å². The number of carbonyl (C=O) groups excluding carboxylic acids is 1. The maximum absolute atomic E-state index is 13.1. The molecule has 0 saturated carbocycles. The molecule has 1 aromatic heterocycles. The lowest BCUT2D eigenvalue weighted by molar-refractivity contribution is 0.0338. The van der Waals surface area contributed by atoms with Gasteiger partial charge in [0.1, 0.15) is 6.10 Å². The molecule has 1 saturated heterocycles. The average molecular weight is 405 g/mol. The molecule has 2 heterocycles. The van der Waals surface area contributed by atoms with E-state index in [0.29, 0.717) is 5.56 Å². The van der Waals surface area contributed by atoms with Gasteiger partial charge in [0.05, 0.1) is 5.56 Å². The zero-order valence-corrected chi connectivity index (χ0v) is 18.5. The molecule has 1 atom stereocenters. The number of fused-ring (bicyclic) bond motifs is 1. The molecule has 1 fully saturated rings. The Hall–Kier alpha value is -2.59. The van der Waals surface area contributed by atoms with E-state index in [0.717, 1.165) is 40.7 Å². The van der Waals surface area contributed by atoms with E-state index in [-0.39, 0.29) is 12.1 Å². The van der Waals surface area contributed by atoms with Crippen LogP contribution in [0.25, 0.3) is 10.9 Å². The second kappa shape index (κ2) is 8.65. The number of aromatic nitrogens is 1. The van der Waals surface area contributed by atoms with Crippen molar-refractivity contribution >= 4 is 16.9 Å². The third kappa shape index (κ3) is 4.29. The third-order valence-electron chi connectivity index (χ3n) is 6.33. The van der Waals surface area contributed by atoms with Crippen molar-refractivity contribution in [2.45, 2.75) is 53.1 Å². The first-order valence-corrected chi connectivity index (χ1v) is 11.0. The van der Waals surface area contributed by atoms with Crippen LogP contribution in [0.15, 0.2) is 36.4 Å². The number of nitrogens with one attached hydrogen (secondary N) is 1. The van der Waals surface area contributed by atoms with E-state index in [1.807, 2.05) is 13.8 Å². The number of rotatable bonds is 6. The van der Waals surface area contributed by atoms with Crippen LogP contribution in [0.4, 0.5) is 0 Å². The Morgan fingerprint density at radius 3 is 2.63 bits per heavy atom. The van der Waals surface area contributed by atoms with Crippen molar-refractivity contribution in [1.82, 2.24) is 9.88 Å². The molecule has 0 spiro atoms. The second-order valence-electron chi connectivity index (χ2n) is 8.71. The van der Waals surface area contributed by atoms with Crippen LogP contribution in [0.5, 0.6) is 0 Å². The van der Waals surface area contributed by atoms with Gasteiger partial charge in [-0.3, -0.25) is 0 Å². The highest BCUT2D eigenvalue weighted by Crippen LogP contribution is 2.28. The lowest BCUT2D eigenvalue weighted by atomic mass is 10.0. The number of benzene rings is 2. The van der Waals surface area contributed by atoms with Gasteiger partial charge >= 0.3 is 5.97 Å². The summed E-state index contributed by atoms with van der Waals surface area (Å²) < 4.78 is 5.92. The molecule has 4 rings (SSSR count). The lowest BCUT2D eigenvalue weighted by Crippen LogP contribution is -2.21. The predicted octanol–water partition coefficient (Wildman–Crippen LogP) is 5.65. The Labute approximate surface area is 179 Å². The average Bonchev–Trinajstić information content (AvgIpc) is 3.34. The highest BCUT2D eigenvalue weighted by atomic mass is 16.5. The number of likely N-dealkylation sites (tertiary alicyclic amines) is 1. The minimum atomic E-state index is -0.292. The standard InChI is InChI=1S/C26H32N2O2/c1-17-7-8-18(2)22(15-17)20(4)30-26(29)25-19(3)27-24-10-9-21(16-23(24)25)11-14-28-12-5-6-13-28/h7-10,15-16,20,27H,5-6,11-14H2,1-4H3. The Morgan fingerprint density at radius 1 is 1.10 bits per heavy atom. The molecule has 1 N–H and O–H groups in total. The highest BCUT2D eigenvalue weighted by molar-refractivity contribution is 6.05. The fourth-order valence-electron chi connectivity index (χ4n) is 4.57. The number of H-pyrrole nitrogens is 1. The fourth-order valence-corrected chi connectivity index (χ4v) is 4.57. The topological polar surface area (TPSA) is 45.3 Å². The van der Waals surface area contributed by atoms with Crippen molar-refractivity contribution in [2.75, 3.05) is 19.6 Å². The lowest BCUT2D eigenvalue weighted by Gasteiger charge is -2.17. The van der Waals surface area contributed by atoms with Crippen LogP contribution in [-0.2, 0) is 11.2 Å². The number of esters is 1. The van der Waals surface area contributed by atoms with Crippen molar-refractivity contribution in [1.29, 1.82) is 0 Å². The molecule has 0 amide bonds. The molecule has 158 valence electrons. The van der Waals surface area contributed by atoms with Gasteiger partial charge in [-0.1, -0.05) is 29.8 Å². The van der Waals surface area contributed by atoms with Gasteiger partial charge in [-0.25, -0.2) is 4.79 Å². The number of aryl methyl sites for hydroxylation is 3. The van der Waals surface area contributed by atoms with Crippen molar-refractivity contribution in [3.63, 3.8) is 0 Å². The summed E-state index contributed by atoms with van der Waals surface area (Å²) in [6.07, 6.45) is 3.34. The summed E-state index contributed by atoms with van der Waals surface area (Å²) in [6.45, 7) is 11.5. The molecule has 3 aromatic rings. The van der Waals surface area contributed by atoms with E-state index in [2.05, 4.69) is 60.1 Å². The molecular formula is C26H32N2O2. The summed E-state index contributed by atoms with van der Waals surface area (Å²) in [5.74, 6) is -0.260. The summed E-state index contributed by atoms with van der Waals surface area (Å²) >= 11 is 0. The highest BCUT2D eigenvalue weighted by Gasteiger charge is 2.21. The number of carbonyl (C=O) groups is 1. The SMILES string of the molecule is Cc1ccc(C)c(C(C)OC(=O)c2c(C)[nH]c3ccc(CCN4CCCC4)cc23)c1. The van der Waals surface area contributed by atoms with Gasteiger partial charge < -0.3 is 14.6 Å². The molecule has 30 heavy (non-hydrogen) atoms. The third-order valence-corrected chi connectivity index (χ3v) is 6.33. The largest absolute Gasteiger partial charge is 0.454 e. The molecular weight excluding hydrogens is 372 g/mol. The van der Waals surface area contributed by atoms with E-state index in [1.165, 1.54) is 37.1 Å². The van der Waals surface area contributed by atoms with Gasteiger partial charge in [-0.15, -0.1) is 0 Å². The maximum atomic E-state index is 13.1. The van der Waals surface area contributed by atoms with E-state index in [1.54, 1.807) is 0 Å². The smallest absolute Gasteiger partial charge is 0.341 e. The molecule has 2 aromatic carbocycles. The van der Waals surface area contributed by atoms with Gasteiger partial charge in [0.25, 0.3) is 0 Å². The van der Waals surface area contributed by atoms with Gasteiger partial charge in [0.2, 0.25) is 0 Å². The number of hydrogen-bond acceptors (Lipinski definition) is 3. The minimum Gasteiger partial charge on any atom is -0.454 e. The molecule has 1 unspecified atom stereocenters. The molecule has 0 aliphatic carbocycles. The molecule has 0 bridgehead atoms. The van der Waals surface area contributed by atoms with E-state index >= 15 is 0 Å². The number of hydrogen-bond donors (Lipinski definition) is 1. The van der Waals surface area contributed by atoms with Crippen LogP contribution >= 0.6 is 0 Å². The summed E-state index contributed by atoms with van der Waals surface area (Å²) in [7, 11) is 0. The summed E-state index contributed by atoms with van der Waals surface area (Å²) in [5.41, 5.74) is 7.15. The van der Waals surface area contributed by atoms with Gasteiger partial charge in [-0.2, -0.15) is 0 Å². The Bertz CT molecular complexity index is 1060. The van der Waals surface area contributed by atoms with Crippen LogP contribution in [0, 0.1) is 20.8 Å². The molecule has 4 heteroatoms. The number of aromatic amines is 1. The van der Waals surface area contributed by atoms with E-state index < -0.39 is 0 Å². The molecule has 1 aliphatic heterocycles. The summed E-state index contributed by atoms with van der Waals surface area (Å²) in [6, 6.07) is 12.7. The van der Waals surface area contributed by atoms with Crippen molar-refractivity contribution in [3.05, 3.63) is 69.9 Å². The van der Waals surface area contributed by atoms with Gasteiger partial charge in [0, 0.05) is 23.1 Å². The van der Waals surface area contributed by atoms with Crippen LogP contribution < -0.4 is 0 Å². The quantitative estimate of drug-likeness (QED) is 0.540. The fraction of sp³-hybridized carbons (Fsp3) is 0.423. The first kappa shape index (κ1) is 20.7. The predicted molar refractivity (Wildman–Crippen MR) is 122 cm³/mol. The number of ether oxygens (including phenoxy) is 1. The molecule has 1 aliphatic rings. The minimum absolute atomic E-state index is 0.260. The van der Waals surface area contributed by atoms with Crippen LogP contribution in [0.1, 0.15) is 64.2 Å². The van der Waals surface area contributed by atoms with Crippen molar-refractivity contribution in [3.8, 4) is 0 Å². The Balaban J connectivity index is 1.55. The summed E-state index contributed by atoms with van der Waals surface area (Å²) in [4.78, 5) is 19.0. The maximum Gasteiger partial charge on any atom is 0.341 e. The molecule has 4 nitrogen and oxygen atoms in total. The first-order valence-electron chi connectivity index (χ1n) is 11.0. The zero-order chi connectivity index (χ0) is 21.3.